The van der Waals surface area contributed by atoms with Crippen LogP contribution in [0.25, 0.3) is 0 Å². The molecule has 1 aliphatic rings. The summed E-state index contributed by atoms with van der Waals surface area (Å²) in [6.45, 7) is 7.08. The van der Waals surface area contributed by atoms with Crippen molar-refractivity contribution in [1.82, 2.24) is 0 Å². The fourth-order valence-corrected chi connectivity index (χ4v) is 3.46. The van der Waals surface area contributed by atoms with E-state index in [2.05, 4.69) is 32.5 Å². The molecule has 0 aromatic heterocycles. The zero-order valence-corrected chi connectivity index (χ0v) is 8.13. The van der Waals surface area contributed by atoms with Crippen molar-refractivity contribution in [2.75, 3.05) is 5.75 Å². The molecule has 1 aliphatic heterocycles. The van der Waals surface area contributed by atoms with Crippen LogP contribution in [0.4, 0.5) is 0 Å². The average Bonchev–Trinajstić information content (AvgIpc) is 2.12. The Morgan fingerprint density at radius 3 is 2.70 bits per heavy atom. The van der Waals surface area contributed by atoms with Gasteiger partial charge < -0.3 is 0 Å². The fraction of sp³-hybridized carbons (Fsp3) is 1.00. The first-order valence-electron chi connectivity index (χ1n) is 4.30. The summed E-state index contributed by atoms with van der Waals surface area (Å²) in [5, 5.41) is 0. The summed E-state index contributed by atoms with van der Waals surface area (Å²) in [6.07, 6.45) is 4.18. The van der Waals surface area contributed by atoms with Gasteiger partial charge in [-0.15, -0.1) is 0 Å². The van der Waals surface area contributed by atoms with Gasteiger partial charge in [-0.3, -0.25) is 0 Å². The molecule has 0 aromatic carbocycles. The van der Waals surface area contributed by atoms with Crippen molar-refractivity contribution in [2.45, 2.75) is 44.8 Å². The van der Waals surface area contributed by atoms with E-state index in [4.69, 9.17) is 0 Å². The lowest BCUT2D eigenvalue weighted by atomic mass is 9.95. The zero-order chi connectivity index (χ0) is 7.61. The highest BCUT2D eigenvalue weighted by molar-refractivity contribution is 8.00. The second-order valence-electron chi connectivity index (χ2n) is 3.82. The van der Waals surface area contributed by atoms with Crippen LogP contribution in [0.15, 0.2) is 0 Å². The predicted molar refractivity (Wildman–Crippen MR) is 49.6 cm³/mol. The molecule has 10 heavy (non-hydrogen) atoms. The molecule has 0 saturated carbocycles. The Bertz CT molecular complexity index is 107. The lowest BCUT2D eigenvalue weighted by Crippen LogP contribution is -2.15. The largest absolute Gasteiger partial charge is 0.155 e. The fourth-order valence-electron chi connectivity index (χ4n) is 1.90. The van der Waals surface area contributed by atoms with Gasteiger partial charge in [-0.2, -0.15) is 11.8 Å². The van der Waals surface area contributed by atoms with E-state index in [1.54, 1.807) is 0 Å². The van der Waals surface area contributed by atoms with Crippen molar-refractivity contribution in [1.29, 1.82) is 0 Å². The summed E-state index contributed by atoms with van der Waals surface area (Å²) < 4.78 is 0.633. The molecule has 0 radical (unpaired) electrons. The number of hydrogen-bond donors (Lipinski definition) is 0. The standard InChI is InChI=1S/C9H18S/c1-4-5-9(3)6-8(2)7-10-9/h8H,4-7H2,1-3H3. The van der Waals surface area contributed by atoms with Gasteiger partial charge in [-0.05, 0) is 24.5 Å². The maximum atomic E-state index is 2.42. The van der Waals surface area contributed by atoms with E-state index in [-0.39, 0.29) is 0 Å². The van der Waals surface area contributed by atoms with Crippen molar-refractivity contribution in [3.05, 3.63) is 0 Å². The van der Waals surface area contributed by atoms with E-state index in [1.165, 1.54) is 25.0 Å². The molecule has 1 fully saturated rings. The lowest BCUT2D eigenvalue weighted by Gasteiger charge is -2.21. The third-order valence-electron chi connectivity index (χ3n) is 2.28. The summed E-state index contributed by atoms with van der Waals surface area (Å²) in [7, 11) is 0. The van der Waals surface area contributed by atoms with Gasteiger partial charge in [0.05, 0.1) is 0 Å². The second-order valence-corrected chi connectivity index (χ2v) is 5.43. The minimum atomic E-state index is 0.633. The molecular weight excluding hydrogens is 140 g/mol. The van der Waals surface area contributed by atoms with Gasteiger partial charge in [0.25, 0.3) is 0 Å². The Morgan fingerprint density at radius 2 is 2.30 bits per heavy atom. The van der Waals surface area contributed by atoms with Crippen molar-refractivity contribution >= 4 is 11.8 Å². The number of thioether (sulfide) groups is 1. The van der Waals surface area contributed by atoms with E-state index in [1.807, 2.05) is 0 Å². The van der Waals surface area contributed by atoms with E-state index in [0.29, 0.717) is 4.75 Å². The Balaban J connectivity index is 2.38. The lowest BCUT2D eigenvalue weighted by molar-refractivity contribution is 0.484. The molecule has 0 nitrogen and oxygen atoms in total. The average molecular weight is 158 g/mol. The van der Waals surface area contributed by atoms with Crippen molar-refractivity contribution in [3.63, 3.8) is 0 Å². The minimum absolute atomic E-state index is 0.633. The summed E-state index contributed by atoms with van der Waals surface area (Å²) in [6, 6.07) is 0. The molecule has 60 valence electrons. The molecule has 0 N–H and O–H groups in total. The first kappa shape index (κ1) is 8.45. The number of hydrogen-bond acceptors (Lipinski definition) is 1. The molecule has 1 saturated heterocycles. The minimum Gasteiger partial charge on any atom is -0.155 e. The van der Waals surface area contributed by atoms with Crippen LogP contribution in [0.5, 0.6) is 0 Å². The SMILES string of the molecule is CCCC1(C)CC(C)CS1. The van der Waals surface area contributed by atoms with Crippen molar-refractivity contribution < 1.29 is 0 Å². The van der Waals surface area contributed by atoms with Crippen LogP contribution < -0.4 is 0 Å². The highest BCUT2D eigenvalue weighted by Crippen LogP contribution is 2.43. The van der Waals surface area contributed by atoms with Gasteiger partial charge >= 0.3 is 0 Å². The monoisotopic (exact) mass is 158 g/mol. The molecule has 0 aliphatic carbocycles. The molecule has 2 atom stereocenters. The Labute approximate surface area is 68.8 Å². The predicted octanol–water partition coefficient (Wildman–Crippen LogP) is 3.32. The maximum absolute atomic E-state index is 2.42. The Kier molecular flexibility index (Phi) is 2.67. The van der Waals surface area contributed by atoms with E-state index in [9.17, 15) is 0 Å². The van der Waals surface area contributed by atoms with Crippen molar-refractivity contribution in [3.8, 4) is 0 Å². The summed E-state index contributed by atoms with van der Waals surface area (Å²) in [5.74, 6) is 2.35. The molecule has 1 heterocycles. The first-order valence-corrected chi connectivity index (χ1v) is 5.29. The topological polar surface area (TPSA) is 0 Å². The summed E-state index contributed by atoms with van der Waals surface area (Å²) in [4.78, 5) is 0. The zero-order valence-electron chi connectivity index (χ0n) is 7.31. The van der Waals surface area contributed by atoms with Crippen LogP contribution in [0, 0.1) is 5.92 Å². The number of rotatable bonds is 2. The highest BCUT2D eigenvalue weighted by Gasteiger charge is 2.32. The second kappa shape index (κ2) is 3.17. The van der Waals surface area contributed by atoms with E-state index >= 15 is 0 Å². The van der Waals surface area contributed by atoms with Crippen LogP contribution in [0.2, 0.25) is 0 Å². The molecular formula is C9H18S. The summed E-state index contributed by atoms with van der Waals surface area (Å²) in [5.41, 5.74) is 0. The quantitative estimate of drug-likeness (QED) is 0.594. The molecule has 0 bridgehead atoms. The van der Waals surface area contributed by atoms with Crippen LogP contribution in [0.1, 0.15) is 40.0 Å². The normalized spacial score (nSPS) is 40.5. The van der Waals surface area contributed by atoms with Crippen LogP contribution in [-0.4, -0.2) is 10.5 Å². The Morgan fingerprint density at radius 1 is 1.60 bits per heavy atom. The third-order valence-corrected chi connectivity index (χ3v) is 4.08. The van der Waals surface area contributed by atoms with E-state index in [0.717, 1.165) is 5.92 Å². The highest BCUT2D eigenvalue weighted by atomic mass is 32.2. The van der Waals surface area contributed by atoms with Crippen LogP contribution in [0.3, 0.4) is 0 Å². The van der Waals surface area contributed by atoms with Gasteiger partial charge in [0, 0.05) is 4.75 Å². The van der Waals surface area contributed by atoms with Gasteiger partial charge in [0.2, 0.25) is 0 Å². The molecule has 0 aromatic rings. The third kappa shape index (κ3) is 1.91. The molecule has 1 rings (SSSR count). The molecule has 0 amide bonds. The molecule has 0 spiro atoms. The molecule has 2 unspecified atom stereocenters. The summed E-state index contributed by atoms with van der Waals surface area (Å²) >= 11 is 2.18. The Hall–Kier alpha value is 0.350. The van der Waals surface area contributed by atoms with Crippen molar-refractivity contribution in [2.24, 2.45) is 5.92 Å². The van der Waals surface area contributed by atoms with Gasteiger partial charge in [-0.1, -0.05) is 27.2 Å². The van der Waals surface area contributed by atoms with E-state index < -0.39 is 0 Å². The van der Waals surface area contributed by atoms with Crippen LogP contribution >= 0.6 is 11.8 Å². The van der Waals surface area contributed by atoms with Crippen LogP contribution in [-0.2, 0) is 0 Å². The van der Waals surface area contributed by atoms with Gasteiger partial charge in [0.1, 0.15) is 0 Å². The molecule has 1 heteroatoms. The first-order chi connectivity index (χ1) is 4.66. The smallest absolute Gasteiger partial charge is 0.0134 e. The van der Waals surface area contributed by atoms with Gasteiger partial charge in [-0.25, -0.2) is 0 Å². The van der Waals surface area contributed by atoms with Gasteiger partial charge in [0.15, 0.2) is 0 Å². The maximum Gasteiger partial charge on any atom is 0.0134 e.